The van der Waals surface area contributed by atoms with Crippen LogP contribution in [0.25, 0.3) is 0 Å². The van der Waals surface area contributed by atoms with Crippen molar-refractivity contribution in [3.8, 4) is 0 Å². The summed E-state index contributed by atoms with van der Waals surface area (Å²) in [7, 11) is 0. The van der Waals surface area contributed by atoms with E-state index < -0.39 is 72.6 Å². The molecule has 10 atom stereocenters. The predicted molar refractivity (Wildman–Crippen MR) is 145 cm³/mol. The maximum Gasteiger partial charge on any atom is 0.335 e. The van der Waals surface area contributed by atoms with Crippen molar-refractivity contribution in [2.45, 2.75) is 107 Å². The summed E-state index contributed by atoms with van der Waals surface area (Å²) < 4.78 is 15.7. The van der Waals surface area contributed by atoms with Crippen molar-refractivity contribution in [2.24, 2.45) is 5.92 Å². The van der Waals surface area contributed by atoms with Gasteiger partial charge < -0.3 is 39.5 Å². The number of nitrogens with zero attached hydrogens (tertiary/aromatic N) is 1. The van der Waals surface area contributed by atoms with Gasteiger partial charge in [0, 0.05) is 6.04 Å². The molecule has 4 rings (SSSR count). The Morgan fingerprint density at radius 3 is 2.45 bits per heavy atom. The van der Waals surface area contributed by atoms with E-state index >= 15 is 0 Å². The molecular weight excluding hydrogens is 552 g/mol. The number of amides is 1. The topological polar surface area (TPSA) is 192 Å². The average molecular weight is 593 g/mol. The molecule has 2 aliphatic heterocycles. The number of hydrogen-bond donors (Lipinski definition) is 5. The fraction of sp³-hybridized carbons (Fsp3) is 0.655. The number of benzene rings is 1. The number of esters is 2. The molecule has 0 spiro atoms. The van der Waals surface area contributed by atoms with E-state index in [9.17, 15) is 39.6 Å². The normalized spacial score (nSPS) is 32.1. The second-order valence-electron chi connectivity index (χ2n) is 11.1. The van der Waals surface area contributed by atoms with Gasteiger partial charge in [0.2, 0.25) is 12.2 Å². The van der Waals surface area contributed by atoms with Crippen molar-refractivity contribution in [3.63, 3.8) is 0 Å². The van der Waals surface area contributed by atoms with E-state index in [0.717, 1.165) is 18.4 Å². The van der Waals surface area contributed by atoms with Crippen LogP contribution >= 0.6 is 0 Å². The molecule has 1 amide bonds. The number of aliphatic hydroxyl groups is 3. The highest BCUT2D eigenvalue weighted by Crippen LogP contribution is 2.42. The molecule has 0 aromatic heterocycles. The Kier molecular flexibility index (Phi) is 10.5. The number of aliphatic carboxylic acids is 1. The molecule has 5 N–H and O–H groups in total. The number of rotatable bonds is 11. The van der Waals surface area contributed by atoms with Gasteiger partial charge in [-0.25, -0.2) is 9.59 Å². The number of likely N-dealkylation sites (tertiary alicyclic amines) is 1. The molecule has 0 radical (unpaired) electrons. The zero-order valence-corrected chi connectivity index (χ0v) is 23.7. The predicted octanol–water partition coefficient (Wildman–Crippen LogP) is -0.266. The summed E-state index contributed by atoms with van der Waals surface area (Å²) in [6.07, 6.45) is -5.95. The number of carbonyl (C=O) groups is 4. The molecule has 1 aliphatic carbocycles. The van der Waals surface area contributed by atoms with Crippen molar-refractivity contribution >= 4 is 23.8 Å². The number of carboxylic acids is 1. The SMILES string of the molecule is CCOC(=O)C(CCc1ccccc1)NC(C)C(=O)N1C(C(=O)OC2OC(C(=O)O)C(O)C(O)C2O)CC2CCCC21. The van der Waals surface area contributed by atoms with Crippen LogP contribution in [0.3, 0.4) is 0 Å². The number of carbonyl (C=O) groups excluding carboxylic acids is 3. The van der Waals surface area contributed by atoms with Crippen LogP contribution < -0.4 is 5.32 Å². The largest absolute Gasteiger partial charge is 0.479 e. The first-order valence-corrected chi connectivity index (χ1v) is 14.4. The lowest BCUT2D eigenvalue weighted by Gasteiger charge is -2.39. The smallest absolute Gasteiger partial charge is 0.335 e. The second-order valence-corrected chi connectivity index (χ2v) is 11.1. The molecule has 10 unspecified atom stereocenters. The van der Waals surface area contributed by atoms with Crippen molar-refractivity contribution < 1.29 is 53.8 Å². The molecule has 1 aromatic carbocycles. The Balaban J connectivity index is 1.47. The van der Waals surface area contributed by atoms with Gasteiger partial charge in [-0.3, -0.25) is 14.9 Å². The van der Waals surface area contributed by atoms with Crippen LogP contribution in [0.2, 0.25) is 0 Å². The summed E-state index contributed by atoms with van der Waals surface area (Å²) in [5.74, 6) is -3.39. The van der Waals surface area contributed by atoms with Gasteiger partial charge in [0.25, 0.3) is 0 Å². The molecule has 2 saturated heterocycles. The molecule has 1 saturated carbocycles. The van der Waals surface area contributed by atoms with Gasteiger partial charge in [-0.1, -0.05) is 36.8 Å². The fourth-order valence-electron chi connectivity index (χ4n) is 6.22. The van der Waals surface area contributed by atoms with E-state index in [1.807, 2.05) is 30.3 Å². The second kappa shape index (κ2) is 13.9. The molecule has 1 aromatic rings. The molecule has 2 heterocycles. The van der Waals surface area contributed by atoms with Gasteiger partial charge in [-0.05, 0) is 57.4 Å². The van der Waals surface area contributed by atoms with Gasteiger partial charge in [0.05, 0.1) is 12.6 Å². The Hall–Kier alpha value is -3.10. The quantitative estimate of drug-likeness (QED) is 0.212. The fourth-order valence-corrected chi connectivity index (χ4v) is 6.22. The monoisotopic (exact) mass is 592 g/mol. The number of hydrogen-bond acceptors (Lipinski definition) is 11. The lowest BCUT2D eigenvalue weighted by Crippen LogP contribution is -2.61. The Morgan fingerprint density at radius 2 is 1.79 bits per heavy atom. The third-order valence-corrected chi connectivity index (χ3v) is 8.37. The zero-order chi connectivity index (χ0) is 30.6. The average Bonchev–Trinajstić information content (AvgIpc) is 3.57. The molecule has 0 bridgehead atoms. The van der Waals surface area contributed by atoms with Gasteiger partial charge in [-0.15, -0.1) is 0 Å². The van der Waals surface area contributed by atoms with Gasteiger partial charge in [-0.2, -0.15) is 0 Å². The number of fused-ring (bicyclic) bond motifs is 1. The lowest BCUT2D eigenvalue weighted by molar-refractivity contribution is -0.287. The highest BCUT2D eigenvalue weighted by atomic mass is 16.7. The van der Waals surface area contributed by atoms with E-state index in [1.54, 1.807) is 13.8 Å². The van der Waals surface area contributed by atoms with E-state index in [0.29, 0.717) is 25.7 Å². The number of aryl methyl sites for hydroxylation is 1. The third-order valence-electron chi connectivity index (χ3n) is 8.37. The molecule has 13 nitrogen and oxygen atoms in total. The Labute approximate surface area is 243 Å². The number of ether oxygens (including phenoxy) is 3. The van der Waals surface area contributed by atoms with Gasteiger partial charge in [0.15, 0.2) is 6.10 Å². The highest BCUT2D eigenvalue weighted by Gasteiger charge is 2.53. The molecule has 232 valence electrons. The lowest BCUT2D eigenvalue weighted by atomic mass is 9.99. The maximum atomic E-state index is 13.9. The number of nitrogens with one attached hydrogen (secondary N) is 1. The molecular formula is C29H40N2O11. The van der Waals surface area contributed by atoms with Crippen LogP contribution in [0.1, 0.15) is 51.5 Å². The van der Waals surface area contributed by atoms with Crippen LogP contribution in [-0.4, -0.2) is 111 Å². The van der Waals surface area contributed by atoms with Crippen LogP contribution in [0.15, 0.2) is 30.3 Å². The van der Waals surface area contributed by atoms with Crippen molar-refractivity contribution in [3.05, 3.63) is 35.9 Å². The summed E-state index contributed by atoms with van der Waals surface area (Å²) >= 11 is 0. The molecule has 3 aliphatic rings. The Bertz CT molecular complexity index is 1120. The minimum absolute atomic E-state index is 0.0361. The van der Waals surface area contributed by atoms with Crippen molar-refractivity contribution in [2.75, 3.05) is 6.61 Å². The summed E-state index contributed by atoms with van der Waals surface area (Å²) in [6, 6.07) is 6.67. The summed E-state index contributed by atoms with van der Waals surface area (Å²) in [5.41, 5.74) is 1.03. The minimum atomic E-state index is -1.93. The Morgan fingerprint density at radius 1 is 1.07 bits per heavy atom. The minimum Gasteiger partial charge on any atom is -0.479 e. The number of carboxylic acid groups (broad SMARTS) is 1. The molecule has 13 heteroatoms. The standard InChI is InChI=1S/C29H40N2O11/c1-3-40-27(38)18(13-12-16-8-5-4-6-9-16)30-15(2)25(35)31-19-11-7-10-17(19)14-20(31)28(39)42-29-23(34)21(32)22(33)24(41-29)26(36)37/h4-6,8-9,15,17-24,29-30,32-34H,3,7,10-14H2,1-2H3,(H,36,37). The maximum absolute atomic E-state index is 13.9. The summed E-state index contributed by atoms with van der Waals surface area (Å²) in [5, 5.41) is 42.7. The van der Waals surface area contributed by atoms with Crippen LogP contribution in [0.4, 0.5) is 0 Å². The number of aliphatic hydroxyl groups excluding tert-OH is 3. The first-order valence-electron chi connectivity index (χ1n) is 14.4. The first-order chi connectivity index (χ1) is 20.0. The van der Waals surface area contributed by atoms with Crippen LogP contribution in [-0.2, 0) is 39.8 Å². The van der Waals surface area contributed by atoms with Gasteiger partial charge >= 0.3 is 17.9 Å². The van der Waals surface area contributed by atoms with Crippen molar-refractivity contribution in [1.29, 1.82) is 0 Å². The van der Waals surface area contributed by atoms with E-state index in [4.69, 9.17) is 14.2 Å². The molecule has 3 fully saturated rings. The highest BCUT2D eigenvalue weighted by molar-refractivity contribution is 5.89. The van der Waals surface area contributed by atoms with Crippen LogP contribution in [0.5, 0.6) is 0 Å². The van der Waals surface area contributed by atoms with Crippen LogP contribution in [0, 0.1) is 5.92 Å². The van der Waals surface area contributed by atoms with E-state index in [1.165, 1.54) is 4.90 Å². The first kappa shape index (κ1) is 31.8. The third kappa shape index (κ3) is 6.92. The summed E-state index contributed by atoms with van der Waals surface area (Å²) in [6.45, 7) is 3.50. The zero-order valence-electron chi connectivity index (χ0n) is 23.7. The summed E-state index contributed by atoms with van der Waals surface area (Å²) in [4.78, 5) is 52.9. The van der Waals surface area contributed by atoms with Gasteiger partial charge in [0.1, 0.15) is 30.4 Å². The molecule has 42 heavy (non-hydrogen) atoms. The van der Waals surface area contributed by atoms with E-state index in [2.05, 4.69) is 5.32 Å². The van der Waals surface area contributed by atoms with E-state index in [-0.39, 0.29) is 18.6 Å². The van der Waals surface area contributed by atoms with Crippen molar-refractivity contribution in [1.82, 2.24) is 10.2 Å².